The summed E-state index contributed by atoms with van der Waals surface area (Å²) in [5.41, 5.74) is 0.315. The highest BCUT2D eigenvalue weighted by Gasteiger charge is 1.89. The number of hydrogen-bond acceptors (Lipinski definition) is 1. The quantitative estimate of drug-likeness (QED) is 0.516. The van der Waals surface area contributed by atoms with Crippen LogP contribution in [0.4, 0.5) is 4.39 Å². The highest BCUT2D eigenvalue weighted by molar-refractivity contribution is 5.74. The van der Waals surface area contributed by atoms with E-state index >= 15 is 0 Å². The zero-order valence-electron chi connectivity index (χ0n) is 4.60. The van der Waals surface area contributed by atoms with Gasteiger partial charge in [-0.3, -0.25) is 4.79 Å². The molecule has 0 saturated heterocycles. The molecular weight excluding hydrogens is 119 g/mol. The van der Waals surface area contributed by atoms with Crippen LogP contribution in [0.2, 0.25) is 0 Å². The maximum atomic E-state index is 12.2. The van der Waals surface area contributed by atoms with Crippen LogP contribution in [0.3, 0.4) is 0 Å². The van der Waals surface area contributed by atoms with Crippen molar-refractivity contribution in [3.05, 3.63) is 35.6 Å². The molecule has 0 unspecified atom stereocenters. The molecule has 0 fully saturated rings. The smallest absolute Gasteiger partial charge is 0.150 e. The van der Waals surface area contributed by atoms with Gasteiger partial charge in [0.2, 0.25) is 0 Å². The second-order valence-electron chi connectivity index (χ2n) is 1.60. The summed E-state index contributed by atoms with van der Waals surface area (Å²) >= 11 is 0. The molecule has 0 N–H and O–H groups in total. The van der Waals surface area contributed by atoms with Crippen molar-refractivity contribution in [3.63, 3.8) is 0 Å². The summed E-state index contributed by atoms with van der Waals surface area (Å²) in [4.78, 5) is 9.97. The van der Waals surface area contributed by atoms with Crippen LogP contribution in [-0.2, 0) is 0 Å². The van der Waals surface area contributed by atoms with E-state index in [0.29, 0.717) is 11.8 Å². The Bertz CT molecular complexity index is 220. The first-order valence-electron chi connectivity index (χ1n) is 2.45. The van der Waals surface area contributed by atoms with Gasteiger partial charge in [-0.2, -0.15) is 0 Å². The molecule has 0 amide bonds. The lowest BCUT2D eigenvalue weighted by atomic mass is 10.2. The van der Waals surface area contributed by atoms with E-state index < -0.39 is 5.82 Å². The molecule has 1 aromatic carbocycles. The molecule has 9 heavy (non-hydrogen) atoms. The van der Waals surface area contributed by atoms with E-state index in [-0.39, 0.29) is 0 Å². The minimum absolute atomic E-state index is 0.315. The molecule has 0 saturated carbocycles. The van der Waals surface area contributed by atoms with Crippen molar-refractivity contribution in [2.75, 3.05) is 0 Å². The average molecular weight is 123 g/mol. The normalized spacial score (nSPS) is 9.00. The maximum Gasteiger partial charge on any atom is 0.150 e. The lowest BCUT2D eigenvalue weighted by Gasteiger charge is -1.86. The largest absolute Gasteiger partial charge is 0.298 e. The Labute approximate surface area is 52.1 Å². The van der Waals surface area contributed by atoms with Gasteiger partial charge in [0.15, 0.2) is 0 Å². The van der Waals surface area contributed by atoms with E-state index in [2.05, 4.69) is 6.07 Å². The van der Waals surface area contributed by atoms with Crippen molar-refractivity contribution in [1.82, 2.24) is 0 Å². The monoisotopic (exact) mass is 123 g/mol. The number of carbonyl (C=O) groups excluding carboxylic acids is 1. The van der Waals surface area contributed by atoms with Gasteiger partial charge in [-0.25, -0.2) is 4.39 Å². The number of benzene rings is 1. The van der Waals surface area contributed by atoms with E-state index in [1.54, 1.807) is 0 Å². The zero-order valence-corrected chi connectivity index (χ0v) is 4.60. The Balaban J connectivity index is 3.07. The highest BCUT2D eigenvalue weighted by Crippen LogP contribution is 1.98. The third kappa shape index (κ3) is 1.35. The van der Waals surface area contributed by atoms with Crippen LogP contribution in [0.15, 0.2) is 18.2 Å². The van der Waals surface area contributed by atoms with E-state index in [9.17, 15) is 9.18 Å². The number of hydrogen-bond donors (Lipinski definition) is 0. The predicted octanol–water partition coefficient (Wildman–Crippen LogP) is 1.44. The van der Waals surface area contributed by atoms with Gasteiger partial charge in [-0.15, -0.1) is 0 Å². The Morgan fingerprint density at radius 1 is 1.56 bits per heavy atom. The molecule has 0 aliphatic heterocycles. The molecule has 1 nitrogen and oxygen atoms in total. The zero-order chi connectivity index (χ0) is 6.69. The number of aldehydes is 1. The molecule has 0 atom stereocenters. The third-order valence-corrected chi connectivity index (χ3v) is 0.912. The minimum atomic E-state index is -0.431. The van der Waals surface area contributed by atoms with Crippen LogP contribution in [0.1, 0.15) is 10.4 Å². The van der Waals surface area contributed by atoms with Gasteiger partial charge < -0.3 is 0 Å². The molecular formula is C7H4FO. The SMILES string of the molecule is O=Cc1c[c]cc(F)c1. The molecule has 0 aliphatic carbocycles. The minimum Gasteiger partial charge on any atom is -0.298 e. The number of rotatable bonds is 1. The standard InChI is InChI=1S/C7H4FO/c8-7-3-1-2-6(4-7)5-9/h2-5H. The Hall–Kier alpha value is -1.18. The molecule has 0 spiro atoms. The first kappa shape index (κ1) is 5.95. The summed E-state index contributed by atoms with van der Waals surface area (Å²) < 4.78 is 12.2. The van der Waals surface area contributed by atoms with Crippen molar-refractivity contribution < 1.29 is 9.18 Å². The fourth-order valence-corrected chi connectivity index (χ4v) is 0.528. The fourth-order valence-electron chi connectivity index (χ4n) is 0.528. The second kappa shape index (κ2) is 2.40. The maximum absolute atomic E-state index is 12.2. The highest BCUT2D eigenvalue weighted by atomic mass is 19.1. The summed E-state index contributed by atoms with van der Waals surface area (Å²) in [6, 6.07) is 6.23. The van der Waals surface area contributed by atoms with Crippen molar-refractivity contribution in [2.45, 2.75) is 0 Å². The van der Waals surface area contributed by atoms with Crippen LogP contribution in [0.5, 0.6) is 0 Å². The predicted molar refractivity (Wildman–Crippen MR) is 30.6 cm³/mol. The van der Waals surface area contributed by atoms with Crippen LogP contribution in [0.25, 0.3) is 0 Å². The van der Waals surface area contributed by atoms with Gasteiger partial charge >= 0.3 is 0 Å². The first-order chi connectivity index (χ1) is 4.33. The molecule has 0 bridgehead atoms. The lowest BCUT2D eigenvalue weighted by molar-refractivity contribution is 0.112. The number of halogens is 1. The van der Waals surface area contributed by atoms with Gasteiger partial charge in [0.05, 0.1) is 0 Å². The molecule has 45 valence electrons. The van der Waals surface area contributed by atoms with E-state index in [4.69, 9.17) is 0 Å². The summed E-state index contributed by atoms with van der Waals surface area (Å²) in [5.74, 6) is -0.431. The number of carbonyl (C=O) groups is 1. The van der Waals surface area contributed by atoms with Gasteiger partial charge in [0.1, 0.15) is 12.1 Å². The molecule has 1 radical (unpaired) electrons. The van der Waals surface area contributed by atoms with Gasteiger partial charge in [-0.1, -0.05) is 0 Å². The second-order valence-corrected chi connectivity index (χ2v) is 1.60. The third-order valence-electron chi connectivity index (χ3n) is 0.912. The fraction of sp³-hybridized carbons (Fsp3) is 0. The van der Waals surface area contributed by atoms with E-state index in [1.807, 2.05) is 0 Å². The molecule has 0 aliphatic rings. The lowest BCUT2D eigenvalue weighted by Crippen LogP contribution is -1.79. The Kier molecular flexibility index (Phi) is 1.58. The molecule has 1 aromatic rings. The Morgan fingerprint density at radius 3 is 2.78 bits per heavy atom. The van der Waals surface area contributed by atoms with Crippen LogP contribution in [0, 0.1) is 11.9 Å². The van der Waals surface area contributed by atoms with Crippen molar-refractivity contribution >= 4 is 6.29 Å². The molecule has 2 heteroatoms. The van der Waals surface area contributed by atoms with Crippen molar-refractivity contribution in [3.8, 4) is 0 Å². The van der Waals surface area contributed by atoms with Crippen LogP contribution >= 0.6 is 0 Å². The summed E-state index contributed by atoms with van der Waals surface area (Å²) in [6.07, 6.45) is 0.583. The summed E-state index contributed by atoms with van der Waals surface area (Å²) in [5, 5.41) is 0. The van der Waals surface area contributed by atoms with Gasteiger partial charge in [0.25, 0.3) is 0 Å². The van der Waals surface area contributed by atoms with Crippen LogP contribution in [-0.4, -0.2) is 6.29 Å². The molecule has 0 aromatic heterocycles. The molecule has 1 rings (SSSR count). The van der Waals surface area contributed by atoms with E-state index in [1.165, 1.54) is 12.1 Å². The van der Waals surface area contributed by atoms with Gasteiger partial charge in [0, 0.05) is 5.56 Å². The van der Waals surface area contributed by atoms with E-state index in [0.717, 1.165) is 6.07 Å². The van der Waals surface area contributed by atoms with Crippen molar-refractivity contribution in [2.24, 2.45) is 0 Å². The van der Waals surface area contributed by atoms with Crippen LogP contribution < -0.4 is 0 Å². The Morgan fingerprint density at radius 2 is 2.33 bits per heavy atom. The first-order valence-corrected chi connectivity index (χ1v) is 2.45. The molecule has 0 heterocycles. The average Bonchev–Trinajstić information content (AvgIpc) is 1.88. The summed E-state index contributed by atoms with van der Waals surface area (Å²) in [6.45, 7) is 0. The topological polar surface area (TPSA) is 17.1 Å². The van der Waals surface area contributed by atoms with Gasteiger partial charge in [-0.05, 0) is 24.3 Å². The van der Waals surface area contributed by atoms with Crippen molar-refractivity contribution in [1.29, 1.82) is 0 Å². The summed E-state index contributed by atoms with van der Waals surface area (Å²) in [7, 11) is 0.